The molecule has 0 atom stereocenters. The van der Waals surface area contributed by atoms with Crippen LogP contribution in [-0.4, -0.2) is 30.1 Å². The fourth-order valence-corrected chi connectivity index (χ4v) is 3.16. The van der Waals surface area contributed by atoms with Gasteiger partial charge in [-0.2, -0.15) is 0 Å². The van der Waals surface area contributed by atoms with Crippen molar-refractivity contribution in [3.8, 4) is 0 Å². The highest BCUT2D eigenvalue weighted by Gasteiger charge is 2.25. The van der Waals surface area contributed by atoms with Crippen LogP contribution in [0.1, 0.15) is 18.7 Å². The van der Waals surface area contributed by atoms with Gasteiger partial charge in [-0.1, -0.05) is 11.6 Å². The highest BCUT2D eigenvalue weighted by Crippen LogP contribution is 2.24. The summed E-state index contributed by atoms with van der Waals surface area (Å²) in [7, 11) is 0. The van der Waals surface area contributed by atoms with E-state index in [9.17, 15) is 0 Å². The van der Waals surface area contributed by atoms with Crippen molar-refractivity contribution in [3.05, 3.63) is 21.3 Å². The lowest BCUT2D eigenvalue weighted by Gasteiger charge is -2.39. The Morgan fingerprint density at radius 1 is 1.60 bits per heavy atom. The summed E-state index contributed by atoms with van der Waals surface area (Å²) >= 11 is 7.85. The van der Waals surface area contributed by atoms with Crippen LogP contribution in [0.2, 0.25) is 5.02 Å². The van der Waals surface area contributed by atoms with Gasteiger partial charge >= 0.3 is 0 Å². The lowest BCUT2D eigenvalue weighted by atomic mass is 10.0. The molecule has 1 aliphatic heterocycles. The largest absolute Gasteiger partial charge is 0.309 e. The number of nitrogens with one attached hydrogen (secondary N) is 1. The van der Waals surface area contributed by atoms with Gasteiger partial charge in [0.15, 0.2) is 0 Å². The third kappa shape index (κ3) is 2.94. The van der Waals surface area contributed by atoms with Gasteiger partial charge in [-0.3, -0.25) is 4.90 Å². The first-order valence-corrected chi connectivity index (χ1v) is 6.52. The van der Waals surface area contributed by atoms with Crippen molar-refractivity contribution < 1.29 is 0 Å². The van der Waals surface area contributed by atoms with E-state index in [2.05, 4.69) is 29.4 Å². The molecule has 1 N–H and O–H groups in total. The molecule has 0 spiro atoms. The van der Waals surface area contributed by atoms with Crippen molar-refractivity contribution in [1.29, 1.82) is 0 Å². The normalized spacial score (nSPS) is 21.8. The van der Waals surface area contributed by atoms with Gasteiger partial charge in [0.1, 0.15) is 0 Å². The van der Waals surface area contributed by atoms with Gasteiger partial charge in [-0.15, -0.1) is 11.3 Å². The fourth-order valence-electron chi connectivity index (χ4n) is 2.02. The van der Waals surface area contributed by atoms with E-state index >= 15 is 0 Å². The predicted molar refractivity (Wildman–Crippen MR) is 66.7 cm³/mol. The van der Waals surface area contributed by atoms with E-state index in [4.69, 9.17) is 11.6 Å². The van der Waals surface area contributed by atoms with Crippen LogP contribution in [-0.2, 0) is 6.54 Å². The first-order chi connectivity index (χ1) is 7.07. The summed E-state index contributed by atoms with van der Waals surface area (Å²) in [5.74, 6) is 0. The Labute approximate surface area is 100 Å². The van der Waals surface area contributed by atoms with Crippen molar-refractivity contribution in [3.63, 3.8) is 0 Å². The molecule has 1 aromatic heterocycles. The predicted octanol–water partition coefficient (Wildman–Crippen LogP) is 2.59. The molecule has 1 fully saturated rings. The van der Waals surface area contributed by atoms with Crippen molar-refractivity contribution in [2.75, 3.05) is 19.6 Å². The Hall–Kier alpha value is -0.0900. The highest BCUT2D eigenvalue weighted by atomic mass is 35.5. The minimum atomic E-state index is 0.224. The smallest absolute Gasteiger partial charge is 0.0558 e. The molecule has 2 heterocycles. The van der Waals surface area contributed by atoms with Crippen LogP contribution in [0.4, 0.5) is 0 Å². The average molecular weight is 245 g/mol. The minimum absolute atomic E-state index is 0.224. The maximum atomic E-state index is 6.10. The van der Waals surface area contributed by atoms with Crippen LogP contribution in [0.15, 0.2) is 11.4 Å². The number of piperazine rings is 1. The Morgan fingerprint density at radius 2 is 2.40 bits per heavy atom. The maximum absolute atomic E-state index is 6.10. The number of hydrogen-bond acceptors (Lipinski definition) is 3. The van der Waals surface area contributed by atoms with Gasteiger partial charge in [0.25, 0.3) is 0 Å². The fraction of sp³-hybridized carbons (Fsp3) is 0.636. The number of nitrogens with zero attached hydrogens (tertiary/aromatic N) is 1. The molecule has 0 unspecified atom stereocenters. The summed E-state index contributed by atoms with van der Waals surface area (Å²) < 4.78 is 0. The van der Waals surface area contributed by atoms with E-state index in [-0.39, 0.29) is 5.54 Å². The summed E-state index contributed by atoms with van der Waals surface area (Å²) in [4.78, 5) is 3.75. The summed E-state index contributed by atoms with van der Waals surface area (Å²) in [5, 5.41) is 6.49. The van der Waals surface area contributed by atoms with E-state index < -0.39 is 0 Å². The zero-order valence-corrected chi connectivity index (χ0v) is 10.8. The third-order valence-corrected chi connectivity index (χ3v) is 4.08. The monoisotopic (exact) mass is 244 g/mol. The van der Waals surface area contributed by atoms with Gasteiger partial charge in [-0.25, -0.2) is 0 Å². The Kier molecular flexibility index (Phi) is 3.36. The van der Waals surface area contributed by atoms with Crippen molar-refractivity contribution in [2.24, 2.45) is 0 Å². The molecule has 0 saturated carbocycles. The van der Waals surface area contributed by atoms with Crippen LogP contribution in [0.5, 0.6) is 0 Å². The summed E-state index contributed by atoms with van der Waals surface area (Å²) in [6.45, 7) is 8.74. The number of thiophene rings is 1. The van der Waals surface area contributed by atoms with Crippen LogP contribution < -0.4 is 5.32 Å². The molecule has 0 aliphatic carbocycles. The van der Waals surface area contributed by atoms with Gasteiger partial charge < -0.3 is 5.32 Å². The lowest BCUT2D eigenvalue weighted by molar-refractivity contribution is 0.149. The van der Waals surface area contributed by atoms with Crippen LogP contribution in [0.25, 0.3) is 0 Å². The molecule has 15 heavy (non-hydrogen) atoms. The second-order valence-corrected chi connectivity index (χ2v) is 6.12. The van der Waals surface area contributed by atoms with Crippen molar-refractivity contribution in [1.82, 2.24) is 10.2 Å². The molecule has 1 saturated heterocycles. The standard InChI is InChI=1S/C11H17ClN2S/c1-11(2)8-14(5-4-13-11)7-10-9(12)3-6-15-10/h3,6,13H,4-5,7-8H2,1-2H3. The zero-order valence-electron chi connectivity index (χ0n) is 9.22. The van der Waals surface area contributed by atoms with E-state index in [0.29, 0.717) is 0 Å². The number of hydrogen-bond donors (Lipinski definition) is 1. The van der Waals surface area contributed by atoms with Gasteiger partial charge in [0, 0.05) is 36.6 Å². The van der Waals surface area contributed by atoms with E-state index in [1.165, 1.54) is 4.88 Å². The van der Waals surface area contributed by atoms with Crippen LogP contribution in [0, 0.1) is 0 Å². The van der Waals surface area contributed by atoms with Crippen LogP contribution >= 0.6 is 22.9 Å². The van der Waals surface area contributed by atoms with E-state index in [1.807, 2.05) is 6.07 Å². The maximum Gasteiger partial charge on any atom is 0.0558 e. The highest BCUT2D eigenvalue weighted by molar-refractivity contribution is 7.10. The lowest BCUT2D eigenvalue weighted by Crippen LogP contribution is -2.56. The van der Waals surface area contributed by atoms with Gasteiger partial charge in [0.05, 0.1) is 5.02 Å². The Bertz CT molecular complexity index is 335. The quantitative estimate of drug-likeness (QED) is 0.861. The molecule has 0 bridgehead atoms. The Morgan fingerprint density at radius 3 is 3.00 bits per heavy atom. The molecule has 84 valence electrons. The molecule has 0 amide bonds. The summed E-state index contributed by atoms with van der Waals surface area (Å²) in [6.07, 6.45) is 0. The third-order valence-electron chi connectivity index (χ3n) is 2.71. The minimum Gasteiger partial charge on any atom is -0.309 e. The second-order valence-electron chi connectivity index (χ2n) is 4.71. The molecule has 1 aromatic rings. The first kappa shape index (κ1) is 11.4. The Balaban J connectivity index is 1.98. The SMILES string of the molecule is CC1(C)CN(Cc2sccc2Cl)CCN1. The molecular formula is C11H17ClN2S. The zero-order chi connectivity index (χ0) is 10.9. The number of halogens is 1. The molecule has 2 nitrogen and oxygen atoms in total. The van der Waals surface area contributed by atoms with Gasteiger partial charge in [0.2, 0.25) is 0 Å². The summed E-state index contributed by atoms with van der Waals surface area (Å²) in [6, 6.07) is 1.98. The molecule has 0 aromatic carbocycles. The first-order valence-electron chi connectivity index (χ1n) is 5.26. The molecule has 4 heteroatoms. The van der Waals surface area contributed by atoms with Crippen molar-refractivity contribution in [2.45, 2.75) is 25.9 Å². The molecular weight excluding hydrogens is 228 g/mol. The summed E-state index contributed by atoms with van der Waals surface area (Å²) in [5.41, 5.74) is 0.224. The second kappa shape index (κ2) is 4.42. The van der Waals surface area contributed by atoms with Gasteiger partial charge in [-0.05, 0) is 25.3 Å². The van der Waals surface area contributed by atoms with Crippen LogP contribution in [0.3, 0.4) is 0 Å². The average Bonchev–Trinajstić information content (AvgIpc) is 2.50. The van der Waals surface area contributed by atoms with Crippen molar-refractivity contribution >= 4 is 22.9 Å². The number of rotatable bonds is 2. The molecule has 1 aliphatic rings. The van der Waals surface area contributed by atoms with E-state index in [0.717, 1.165) is 31.2 Å². The topological polar surface area (TPSA) is 15.3 Å². The van der Waals surface area contributed by atoms with E-state index in [1.54, 1.807) is 11.3 Å². The molecule has 2 rings (SSSR count). The molecule has 0 radical (unpaired) electrons.